The zero-order chi connectivity index (χ0) is 13.7. The number of carbonyl (C=O) groups is 2. The molecule has 2 rings (SSSR count). The Morgan fingerprint density at radius 2 is 2.21 bits per heavy atom. The zero-order valence-corrected chi connectivity index (χ0v) is 10.9. The molecule has 0 fully saturated rings. The Bertz CT molecular complexity index is 595. The van der Waals surface area contributed by atoms with E-state index in [-0.39, 0.29) is 18.7 Å². The second-order valence-corrected chi connectivity index (χ2v) is 4.76. The summed E-state index contributed by atoms with van der Waals surface area (Å²) in [4.78, 5) is 26.7. The number of nitrogen functional groups attached to an aromatic ring is 1. The number of rotatable bonds is 6. The highest BCUT2D eigenvalue weighted by atomic mass is 32.1. The van der Waals surface area contributed by atoms with Gasteiger partial charge in [0.25, 0.3) is 0 Å². The first-order valence-electron chi connectivity index (χ1n) is 5.70. The van der Waals surface area contributed by atoms with E-state index in [9.17, 15) is 9.59 Å². The highest BCUT2D eigenvalue weighted by Crippen LogP contribution is 2.18. The van der Waals surface area contributed by atoms with Crippen molar-refractivity contribution >= 4 is 34.2 Å². The van der Waals surface area contributed by atoms with Crippen LogP contribution in [-0.2, 0) is 11.2 Å². The number of aldehydes is 1. The third-order valence-electron chi connectivity index (χ3n) is 2.51. The Hall–Kier alpha value is -2.21. The van der Waals surface area contributed by atoms with E-state index in [1.54, 1.807) is 23.6 Å². The number of thiazole rings is 1. The molecule has 0 saturated heterocycles. The van der Waals surface area contributed by atoms with E-state index in [0.29, 0.717) is 22.1 Å². The third-order valence-corrected chi connectivity index (χ3v) is 3.24. The molecule has 5 nitrogen and oxygen atoms in total. The summed E-state index contributed by atoms with van der Waals surface area (Å²) >= 11 is 1.31. The lowest BCUT2D eigenvalue weighted by molar-refractivity contribution is -0.106. The number of nitrogens with zero attached hydrogens (tertiary/aromatic N) is 1. The molecule has 0 saturated carbocycles. The molecule has 0 atom stereocenters. The largest absolute Gasteiger partial charge is 0.378 e. The summed E-state index contributed by atoms with van der Waals surface area (Å²) in [5.74, 6) is -0.0562. The first kappa shape index (κ1) is 13.2. The Labute approximate surface area is 114 Å². The second kappa shape index (κ2) is 6.10. The molecule has 6 heteroatoms. The molecule has 0 amide bonds. The van der Waals surface area contributed by atoms with Crippen molar-refractivity contribution < 1.29 is 9.59 Å². The van der Waals surface area contributed by atoms with E-state index >= 15 is 0 Å². The molecule has 3 N–H and O–H groups in total. The maximum Gasteiger partial charge on any atom is 0.180 e. The van der Waals surface area contributed by atoms with Gasteiger partial charge in [-0.2, -0.15) is 0 Å². The lowest BCUT2D eigenvalue weighted by Gasteiger charge is -2.08. The summed E-state index contributed by atoms with van der Waals surface area (Å²) in [5, 5.41) is 5.13. The van der Waals surface area contributed by atoms with Gasteiger partial charge in [-0.25, -0.2) is 4.98 Å². The monoisotopic (exact) mass is 275 g/mol. The molecule has 0 radical (unpaired) electrons. The van der Waals surface area contributed by atoms with Crippen LogP contribution in [-0.4, -0.2) is 23.6 Å². The van der Waals surface area contributed by atoms with Crippen LogP contribution < -0.4 is 11.1 Å². The highest BCUT2D eigenvalue weighted by Gasteiger charge is 2.13. The topological polar surface area (TPSA) is 85.1 Å². The van der Waals surface area contributed by atoms with Gasteiger partial charge in [0.1, 0.15) is 6.29 Å². The van der Waals surface area contributed by atoms with Crippen molar-refractivity contribution in [1.29, 1.82) is 0 Å². The molecule has 1 heterocycles. The molecule has 0 unspecified atom stereocenters. The van der Waals surface area contributed by atoms with Crippen LogP contribution >= 0.6 is 11.3 Å². The summed E-state index contributed by atoms with van der Waals surface area (Å²) in [6, 6.07) is 7.09. The maximum atomic E-state index is 12.2. The molecular formula is C13H13N3O2S. The molecule has 98 valence electrons. The van der Waals surface area contributed by atoms with E-state index in [4.69, 9.17) is 5.73 Å². The summed E-state index contributed by atoms with van der Waals surface area (Å²) in [5.41, 5.74) is 7.41. The summed E-state index contributed by atoms with van der Waals surface area (Å²) in [6.07, 6.45) is 0.954. The highest BCUT2D eigenvalue weighted by molar-refractivity contribution is 7.13. The Balaban J connectivity index is 2.16. The normalized spacial score (nSPS) is 10.1. The van der Waals surface area contributed by atoms with E-state index in [1.165, 1.54) is 11.3 Å². The van der Waals surface area contributed by atoms with Crippen LogP contribution in [0.15, 0.2) is 29.6 Å². The second-order valence-electron chi connectivity index (χ2n) is 3.87. The van der Waals surface area contributed by atoms with Gasteiger partial charge in [0, 0.05) is 16.6 Å². The summed E-state index contributed by atoms with van der Waals surface area (Å²) in [7, 11) is 0. The minimum absolute atomic E-state index is 0.0562. The molecule has 0 bridgehead atoms. The molecule has 0 aliphatic rings. The summed E-state index contributed by atoms with van der Waals surface area (Å²) in [6.45, 7) is 0.175. The minimum Gasteiger partial charge on any atom is -0.378 e. The third kappa shape index (κ3) is 3.38. The van der Waals surface area contributed by atoms with Gasteiger partial charge in [0.2, 0.25) is 0 Å². The zero-order valence-electron chi connectivity index (χ0n) is 10.1. The van der Waals surface area contributed by atoms with Crippen molar-refractivity contribution in [3.8, 4) is 0 Å². The number of carbonyl (C=O) groups excluding carboxylic acids is 2. The van der Waals surface area contributed by atoms with Gasteiger partial charge in [-0.1, -0.05) is 12.1 Å². The number of para-hydroxylation sites is 1. The Kier molecular flexibility index (Phi) is 4.25. The van der Waals surface area contributed by atoms with Crippen LogP contribution in [0.3, 0.4) is 0 Å². The van der Waals surface area contributed by atoms with E-state index in [2.05, 4.69) is 10.3 Å². The smallest absolute Gasteiger partial charge is 0.180 e. The molecule has 1 aromatic carbocycles. The van der Waals surface area contributed by atoms with Crippen molar-refractivity contribution in [3.05, 3.63) is 40.9 Å². The number of benzene rings is 1. The van der Waals surface area contributed by atoms with Crippen LogP contribution in [0.25, 0.3) is 0 Å². The quantitative estimate of drug-likeness (QED) is 0.620. The van der Waals surface area contributed by atoms with Gasteiger partial charge in [0.15, 0.2) is 10.9 Å². The molecule has 0 spiro atoms. The van der Waals surface area contributed by atoms with Crippen LogP contribution in [0.1, 0.15) is 16.1 Å². The van der Waals surface area contributed by atoms with Crippen molar-refractivity contribution in [1.82, 2.24) is 4.98 Å². The predicted molar refractivity (Wildman–Crippen MR) is 75.6 cm³/mol. The number of anilines is 2. The van der Waals surface area contributed by atoms with Crippen LogP contribution in [0.5, 0.6) is 0 Å². The van der Waals surface area contributed by atoms with Gasteiger partial charge in [-0.3, -0.25) is 4.79 Å². The van der Waals surface area contributed by atoms with Crippen LogP contribution in [0, 0.1) is 0 Å². The fourth-order valence-electron chi connectivity index (χ4n) is 1.70. The fraction of sp³-hybridized carbons (Fsp3) is 0.154. The molecule has 19 heavy (non-hydrogen) atoms. The van der Waals surface area contributed by atoms with Crippen molar-refractivity contribution in [2.24, 2.45) is 0 Å². The Morgan fingerprint density at radius 3 is 2.89 bits per heavy atom. The van der Waals surface area contributed by atoms with Gasteiger partial charge in [-0.05, 0) is 12.1 Å². The number of aromatic nitrogens is 1. The van der Waals surface area contributed by atoms with Crippen LogP contribution in [0.2, 0.25) is 0 Å². The number of nitrogens with two attached hydrogens (primary N) is 1. The lowest BCUT2D eigenvalue weighted by Crippen LogP contribution is -2.10. The number of ketones is 1. The number of hydrogen-bond donors (Lipinski definition) is 2. The van der Waals surface area contributed by atoms with Gasteiger partial charge >= 0.3 is 0 Å². The number of nitrogens with one attached hydrogen (secondary N) is 1. The number of Topliss-reactive ketones (excluding diaryl/α,β-unsaturated/α-hetero) is 1. The molecule has 2 aromatic rings. The van der Waals surface area contributed by atoms with E-state index in [0.717, 1.165) is 6.29 Å². The fourth-order valence-corrected chi connectivity index (χ4v) is 2.26. The molecule has 0 aliphatic carbocycles. The number of hydrogen-bond acceptors (Lipinski definition) is 6. The van der Waals surface area contributed by atoms with Gasteiger partial charge in [-0.15, -0.1) is 11.3 Å². The first-order chi connectivity index (χ1) is 9.20. The molecule has 0 aliphatic heterocycles. The van der Waals surface area contributed by atoms with Crippen LogP contribution in [0.4, 0.5) is 10.8 Å². The SMILES string of the molecule is Nc1nc(CC(=O)c2ccccc2NCC=O)cs1. The standard InChI is InChI=1S/C13H13N3O2S/c14-13-16-9(8-19-13)7-12(18)10-3-1-2-4-11(10)15-5-6-17/h1-4,6,8,15H,5,7H2,(H2,14,16). The van der Waals surface area contributed by atoms with Crippen molar-refractivity contribution in [2.45, 2.75) is 6.42 Å². The molecule has 1 aromatic heterocycles. The molecular weight excluding hydrogens is 262 g/mol. The lowest BCUT2D eigenvalue weighted by atomic mass is 10.0. The average Bonchev–Trinajstić information content (AvgIpc) is 2.82. The first-order valence-corrected chi connectivity index (χ1v) is 6.58. The predicted octanol–water partition coefficient (Wildman–Crippen LogP) is 1.76. The van der Waals surface area contributed by atoms with Gasteiger partial charge in [0.05, 0.1) is 18.7 Å². The van der Waals surface area contributed by atoms with Crippen molar-refractivity contribution in [2.75, 3.05) is 17.6 Å². The van der Waals surface area contributed by atoms with E-state index < -0.39 is 0 Å². The average molecular weight is 275 g/mol. The van der Waals surface area contributed by atoms with Gasteiger partial charge < -0.3 is 15.8 Å². The Morgan fingerprint density at radius 1 is 1.42 bits per heavy atom. The van der Waals surface area contributed by atoms with E-state index in [1.807, 2.05) is 6.07 Å². The summed E-state index contributed by atoms with van der Waals surface area (Å²) < 4.78 is 0. The van der Waals surface area contributed by atoms with Crippen molar-refractivity contribution in [3.63, 3.8) is 0 Å². The maximum absolute atomic E-state index is 12.2. The minimum atomic E-state index is -0.0562.